The number of urea groups is 1. The van der Waals surface area contributed by atoms with Crippen molar-refractivity contribution in [3.8, 4) is 0 Å². The van der Waals surface area contributed by atoms with E-state index in [2.05, 4.69) is 22.8 Å². The molecule has 2 aromatic rings. The smallest absolute Gasteiger partial charge is 0.323 e. The van der Waals surface area contributed by atoms with Crippen molar-refractivity contribution in [3.05, 3.63) is 60.2 Å². The van der Waals surface area contributed by atoms with Crippen molar-refractivity contribution in [3.63, 3.8) is 0 Å². The molecule has 1 saturated carbocycles. The number of carbonyl (C=O) groups excluding carboxylic acids is 1. The third kappa shape index (κ3) is 5.09. The lowest BCUT2D eigenvalue weighted by Gasteiger charge is -2.28. The first kappa shape index (κ1) is 18.0. The number of nitrogens with one attached hydrogen (secondary N) is 2. The highest BCUT2D eigenvalue weighted by Gasteiger charge is 2.23. The maximum absolute atomic E-state index is 12.0. The fourth-order valence-corrected chi connectivity index (χ4v) is 3.60. The lowest BCUT2D eigenvalue weighted by Crippen LogP contribution is -2.19. The van der Waals surface area contributed by atoms with Crippen LogP contribution in [-0.4, -0.2) is 17.1 Å². The average molecular weight is 352 g/mol. The Balaban J connectivity index is 1.51. The normalized spacial score (nSPS) is 19.5. The summed E-state index contributed by atoms with van der Waals surface area (Å²) in [5, 5.41) is 14.5. The molecule has 5 heteroatoms. The van der Waals surface area contributed by atoms with Crippen LogP contribution in [0.3, 0.4) is 0 Å². The van der Waals surface area contributed by atoms with Gasteiger partial charge < -0.3 is 15.7 Å². The van der Waals surface area contributed by atoms with Crippen LogP contribution in [0.4, 0.5) is 16.2 Å². The van der Waals surface area contributed by atoms with E-state index in [0.29, 0.717) is 11.8 Å². The van der Waals surface area contributed by atoms with Gasteiger partial charge in [-0.1, -0.05) is 30.3 Å². The Hall–Kier alpha value is -2.82. The summed E-state index contributed by atoms with van der Waals surface area (Å²) in [4.78, 5) is 22.8. The molecular formula is C21H24N2O3. The minimum absolute atomic E-state index is 0.266. The molecule has 0 heterocycles. The van der Waals surface area contributed by atoms with E-state index in [1.54, 1.807) is 0 Å². The quantitative estimate of drug-likeness (QED) is 0.702. The number of carboxylic acids is 1. The highest BCUT2D eigenvalue weighted by atomic mass is 16.4. The second-order valence-electron chi connectivity index (χ2n) is 6.88. The van der Waals surface area contributed by atoms with Crippen LogP contribution in [0.2, 0.25) is 0 Å². The van der Waals surface area contributed by atoms with Crippen molar-refractivity contribution in [1.82, 2.24) is 0 Å². The van der Waals surface area contributed by atoms with Crippen molar-refractivity contribution in [1.29, 1.82) is 0 Å². The first-order valence-electron chi connectivity index (χ1n) is 9.05. The largest absolute Gasteiger partial charge is 0.481 e. The number of anilines is 2. The summed E-state index contributed by atoms with van der Waals surface area (Å²) in [7, 11) is 0. The molecule has 1 aliphatic carbocycles. The maximum atomic E-state index is 12.0. The average Bonchev–Trinajstić information content (AvgIpc) is 2.63. The molecule has 0 saturated heterocycles. The van der Waals surface area contributed by atoms with Gasteiger partial charge in [0.15, 0.2) is 0 Å². The van der Waals surface area contributed by atoms with Gasteiger partial charge in [-0.05, 0) is 67.3 Å². The number of amides is 2. The van der Waals surface area contributed by atoms with Gasteiger partial charge in [-0.15, -0.1) is 0 Å². The third-order valence-electron chi connectivity index (χ3n) is 4.98. The molecule has 2 amide bonds. The van der Waals surface area contributed by atoms with Crippen LogP contribution in [-0.2, 0) is 4.79 Å². The number of aliphatic carboxylic acids is 1. The molecule has 0 radical (unpaired) electrons. The Bertz CT molecular complexity index is 736. The zero-order chi connectivity index (χ0) is 18.4. The Morgan fingerprint density at radius 3 is 2.00 bits per heavy atom. The molecule has 2 aromatic carbocycles. The fourth-order valence-electron chi connectivity index (χ4n) is 3.60. The lowest BCUT2D eigenvalue weighted by atomic mass is 9.77. The Labute approximate surface area is 153 Å². The van der Waals surface area contributed by atoms with Crippen LogP contribution in [0.25, 0.3) is 0 Å². The number of rotatable bonds is 5. The van der Waals surface area contributed by atoms with E-state index >= 15 is 0 Å². The summed E-state index contributed by atoms with van der Waals surface area (Å²) in [6.45, 7) is 0. The highest BCUT2D eigenvalue weighted by molar-refractivity contribution is 5.99. The van der Waals surface area contributed by atoms with Crippen LogP contribution < -0.4 is 10.6 Å². The van der Waals surface area contributed by atoms with E-state index in [1.807, 2.05) is 42.5 Å². The standard InChI is InChI=1S/C21H24N2O3/c24-20(25)14-15-6-8-16(9-7-15)17-10-12-19(13-11-17)23-21(26)22-18-4-2-1-3-5-18/h1-5,10-13,15-16H,6-9,14H2,(H,24,25)(H2,22,23,26). The number of carbonyl (C=O) groups is 2. The summed E-state index contributed by atoms with van der Waals surface area (Å²) in [6, 6.07) is 17.0. The number of hydrogen-bond donors (Lipinski definition) is 3. The molecule has 0 atom stereocenters. The predicted molar refractivity (Wildman–Crippen MR) is 102 cm³/mol. The number of benzene rings is 2. The monoisotopic (exact) mass is 352 g/mol. The number of hydrogen-bond acceptors (Lipinski definition) is 2. The molecule has 1 aliphatic rings. The molecule has 0 spiro atoms. The third-order valence-corrected chi connectivity index (χ3v) is 4.98. The van der Waals surface area contributed by atoms with E-state index < -0.39 is 5.97 Å². The Kier molecular flexibility index (Phi) is 5.89. The van der Waals surface area contributed by atoms with Crippen LogP contribution in [0.1, 0.15) is 43.6 Å². The molecule has 3 rings (SSSR count). The summed E-state index contributed by atoms with van der Waals surface area (Å²) < 4.78 is 0. The molecule has 26 heavy (non-hydrogen) atoms. The second-order valence-corrected chi connectivity index (χ2v) is 6.88. The molecule has 1 fully saturated rings. The zero-order valence-corrected chi connectivity index (χ0v) is 14.7. The van der Waals surface area contributed by atoms with Gasteiger partial charge >= 0.3 is 12.0 Å². The van der Waals surface area contributed by atoms with Gasteiger partial charge in [-0.25, -0.2) is 4.79 Å². The minimum Gasteiger partial charge on any atom is -0.481 e. The highest BCUT2D eigenvalue weighted by Crippen LogP contribution is 2.37. The van der Waals surface area contributed by atoms with Gasteiger partial charge in [0.05, 0.1) is 0 Å². The summed E-state index contributed by atoms with van der Waals surface area (Å²) in [6.07, 6.45) is 4.28. The van der Waals surface area contributed by atoms with Crippen molar-refractivity contribution >= 4 is 23.4 Å². The Morgan fingerprint density at radius 2 is 1.42 bits per heavy atom. The second kappa shape index (κ2) is 8.52. The van der Waals surface area contributed by atoms with Gasteiger partial charge in [0.25, 0.3) is 0 Å². The molecular weight excluding hydrogens is 328 g/mol. The van der Waals surface area contributed by atoms with Crippen molar-refractivity contribution < 1.29 is 14.7 Å². The van der Waals surface area contributed by atoms with E-state index in [0.717, 1.165) is 37.1 Å². The van der Waals surface area contributed by atoms with Crippen LogP contribution in [0.15, 0.2) is 54.6 Å². The van der Waals surface area contributed by atoms with Gasteiger partial charge in [0, 0.05) is 17.8 Å². The summed E-state index contributed by atoms with van der Waals surface area (Å²) in [5.74, 6) is 0.0938. The van der Waals surface area contributed by atoms with E-state index in [-0.39, 0.29) is 12.5 Å². The van der Waals surface area contributed by atoms with Gasteiger partial charge in [0.2, 0.25) is 0 Å². The lowest BCUT2D eigenvalue weighted by molar-refractivity contribution is -0.138. The molecule has 3 N–H and O–H groups in total. The molecule has 0 aromatic heterocycles. The zero-order valence-electron chi connectivity index (χ0n) is 14.7. The first-order chi connectivity index (χ1) is 12.6. The molecule has 0 bridgehead atoms. The van der Waals surface area contributed by atoms with Crippen LogP contribution in [0.5, 0.6) is 0 Å². The minimum atomic E-state index is -0.697. The molecule has 0 unspecified atom stereocenters. The van der Waals surface area contributed by atoms with E-state index in [1.165, 1.54) is 5.56 Å². The van der Waals surface area contributed by atoms with E-state index in [9.17, 15) is 9.59 Å². The van der Waals surface area contributed by atoms with Crippen molar-refractivity contribution in [2.75, 3.05) is 10.6 Å². The molecule has 136 valence electrons. The SMILES string of the molecule is O=C(O)CC1CCC(c2ccc(NC(=O)Nc3ccccc3)cc2)CC1. The van der Waals surface area contributed by atoms with Crippen molar-refractivity contribution in [2.45, 2.75) is 38.0 Å². The topological polar surface area (TPSA) is 78.4 Å². The first-order valence-corrected chi connectivity index (χ1v) is 9.05. The summed E-state index contributed by atoms with van der Waals surface area (Å²) in [5.41, 5.74) is 2.76. The molecule has 5 nitrogen and oxygen atoms in total. The summed E-state index contributed by atoms with van der Waals surface area (Å²) >= 11 is 0. The Morgan fingerprint density at radius 1 is 0.846 bits per heavy atom. The predicted octanol–water partition coefficient (Wildman–Crippen LogP) is 5.08. The van der Waals surface area contributed by atoms with Gasteiger partial charge in [-0.3, -0.25) is 4.79 Å². The van der Waals surface area contributed by atoms with E-state index in [4.69, 9.17) is 5.11 Å². The van der Waals surface area contributed by atoms with Gasteiger partial charge in [-0.2, -0.15) is 0 Å². The molecule has 0 aliphatic heterocycles. The van der Waals surface area contributed by atoms with Crippen molar-refractivity contribution in [2.24, 2.45) is 5.92 Å². The van der Waals surface area contributed by atoms with Crippen LogP contribution in [0, 0.1) is 5.92 Å². The van der Waals surface area contributed by atoms with Crippen LogP contribution >= 0.6 is 0 Å². The maximum Gasteiger partial charge on any atom is 0.323 e. The number of para-hydroxylation sites is 1. The fraction of sp³-hybridized carbons (Fsp3) is 0.333. The number of carboxylic acid groups (broad SMARTS) is 1. The van der Waals surface area contributed by atoms with Gasteiger partial charge in [0.1, 0.15) is 0 Å².